The minimum absolute atomic E-state index is 0.0717. The lowest BCUT2D eigenvalue weighted by molar-refractivity contribution is -0.137. The number of hydrogen-bond acceptors (Lipinski definition) is 3. The van der Waals surface area contributed by atoms with E-state index in [0.29, 0.717) is 11.8 Å². The van der Waals surface area contributed by atoms with Crippen molar-refractivity contribution in [2.45, 2.75) is 64.1 Å². The van der Waals surface area contributed by atoms with Crippen LogP contribution in [-0.4, -0.2) is 53.9 Å². The molecule has 192 valence electrons. The molecule has 5 rings (SSSR count). The van der Waals surface area contributed by atoms with Gasteiger partial charge in [0.15, 0.2) is 0 Å². The van der Waals surface area contributed by atoms with Gasteiger partial charge in [0.2, 0.25) is 0 Å². The van der Waals surface area contributed by atoms with Gasteiger partial charge in [0.1, 0.15) is 0 Å². The fraction of sp³-hybridized carbons (Fsp3) is 0.643. The number of nitrogens with zero attached hydrogens (tertiary/aromatic N) is 1. The Balaban J connectivity index is 1.32. The number of halogens is 3. The number of rotatable bonds is 5. The number of nitrogens with one attached hydrogen (secondary N) is 1. The van der Waals surface area contributed by atoms with Crippen LogP contribution in [0.25, 0.3) is 10.9 Å². The number of benzene rings is 1. The molecule has 2 aliphatic heterocycles. The highest BCUT2D eigenvalue weighted by Gasteiger charge is 2.41. The van der Waals surface area contributed by atoms with E-state index in [0.717, 1.165) is 87.1 Å². The quantitative estimate of drug-likeness (QED) is 0.513. The number of likely N-dealkylation sites (tertiary alicyclic amines) is 1. The second-order valence-electron chi connectivity index (χ2n) is 11.1. The first-order chi connectivity index (χ1) is 16.7. The Kier molecular flexibility index (Phi) is 6.79. The molecule has 4 nitrogen and oxygen atoms in total. The van der Waals surface area contributed by atoms with Gasteiger partial charge in [0.25, 0.3) is 0 Å². The van der Waals surface area contributed by atoms with Crippen LogP contribution in [0.2, 0.25) is 0 Å². The van der Waals surface area contributed by atoms with E-state index in [1.807, 2.05) is 6.08 Å². The number of alkyl halides is 3. The van der Waals surface area contributed by atoms with Gasteiger partial charge in [-0.2, -0.15) is 13.2 Å². The summed E-state index contributed by atoms with van der Waals surface area (Å²) >= 11 is 0. The van der Waals surface area contributed by atoms with Gasteiger partial charge in [-0.15, -0.1) is 0 Å². The number of hydrogen-bond donors (Lipinski definition) is 2. The molecule has 2 N–H and O–H groups in total. The van der Waals surface area contributed by atoms with Crippen LogP contribution in [0.1, 0.15) is 62.3 Å². The van der Waals surface area contributed by atoms with Gasteiger partial charge < -0.3 is 19.7 Å². The zero-order valence-corrected chi connectivity index (χ0v) is 20.7. The smallest absolute Gasteiger partial charge is 0.389 e. The Morgan fingerprint density at radius 2 is 2.06 bits per heavy atom. The third-order valence-corrected chi connectivity index (χ3v) is 8.85. The molecule has 0 radical (unpaired) electrons. The number of aromatic amines is 1. The highest BCUT2D eigenvalue weighted by Crippen LogP contribution is 2.47. The summed E-state index contributed by atoms with van der Waals surface area (Å²) in [7, 11) is 0. The fourth-order valence-electron chi connectivity index (χ4n) is 6.73. The van der Waals surface area contributed by atoms with E-state index in [4.69, 9.17) is 4.74 Å². The van der Waals surface area contributed by atoms with Crippen molar-refractivity contribution in [1.82, 2.24) is 9.88 Å². The van der Waals surface area contributed by atoms with Crippen molar-refractivity contribution in [3.63, 3.8) is 0 Å². The Bertz CT molecular complexity index is 1070. The van der Waals surface area contributed by atoms with Crippen molar-refractivity contribution in [1.29, 1.82) is 0 Å². The molecule has 2 aromatic rings. The zero-order valence-electron chi connectivity index (χ0n) is 20.7. The summed E-state index contributed by atoms with van der Waals surface area (Å²) in [5.74, 6) is 1.23. The molecule has 2 fully saturated rings. The highest BCUT2D eigenvalue weighted by atomic mass is 19.4. The van der Waals surface area contributed by atoms with Crippen molar-refractivity contribution >= 4 is 10.9 Å². The van der Waals surface area contributed by atoms with Crippen molar-refractivity contribution in [2.75, 3.05) is 32.8 Å². The molecular formula is C28H37F3N2O2. The van der Waals surface area contributed by atoms with Crippen LogP contribution in [0.15, 0.2) is 30.4 Å². The average Bonchev–Trinajstić information content (AvgIpc) is 3.20. The molecule has 1 aromatic heterocycles. The first-order valence-corrected chi connectivity index (χ1v) is 13.0. The summed E-state index contributed by atoms with van der Waals surface area (Å²) in [4.78, 5) is 6.01. The second kappa shape index (κ2) is 9.56. The van der Waals surface area contributed by atoms with E-state index in [-0.39, 0.29) is 11.3 Å². The van der Waals surface area contributed by atoms with Crippen LogP contribution in [-0.2, 0) is 17.3 Å². The standard InChI is InChI=1S/C28H37F3N2O2/c1-18(34)5-7-27(9-13-35-14-10-27)8-12-33-11-6-20-15-25-26(19(2)23(20)17-33)22-16-21(28(29,30)31)3-4-24(22)32-25/h3-5,7,16,18-20,23,32,34H,6,8-15,17H2,1-2H3/t18?,19-,20-,23-/m1/s1. The summed E-state index contributed by atoms with van der Waals surface area (Å²) in [5.41, 5.74) is 2.54. The molecule has 4 atom stereocenters. The highest BCUT2D eigenvalue weighted by molar-refractivity contribution is 5.86. The number of aromatic nitrogens is 1. The monoisotopic (exact) mass is 490 g/mol. The van der Waals surface area contributed by atoms with Gasteiger partial charge in [-0.05, 0) is 99.0 Å². The van der Waals surface area contributed by atoms with Gasteiger partial charge in [-0.3, -0.25) is 0 Å². The first-order valence-electron chi connectivity index (χ1n) is 13.0. The maximum Gasteiger partial charge on any atom is 0.416 e. The molecule has 2 saturated heterocycles. The lowest BCUT2D eigenvalue weighted by Gasteiger charge is -2.45. The number of ether oxygens (including phenoxy) is 1. The van der Waals surface area contributed by atoms with E-state index in [1.165, 1.54) is 12.1 Å². The minimum atomic E-state index is -4.33. The molecule has 1 unspecified atom stereocenters. The van der Waals surface area contributed by atoms with Gasteiger partial charge in [0.05, 0.1) is 11.7 Å². The zero-order chi connectivity index (χ0) is 24.8. The van der Waals surface area contributed by atoms with Crippen LogP contribution < -0.4 is 0 Å². The second-order valence-corrected chi connectivity index (χ2v) is 11.1. The molecule has 1 aromatic carbocycles. The fourth-order valence-corrected chi connectivity index (χ4v) is 6.73. The Morgan fingerprint density at radius 1 is 1.29 bits per heavy atom. The third-order valence-electron chi connectivity index (χ3n) is 8.85. The average molecular weight is 491 g/mol. The predicted molar refractivity (Wildman–Crippen MR) is 131 cm³/mol. The van der Waals surface area contributed by atoms with Gasteiger partial charge in [-0.25, -0.2) is 0 Å². The van der Waals surface area contributed by atoms with E-state index < -0.39 is 17.8 Å². The number of aliphatic hydroxyl groups excluding tert-OH is 1. The number of H-pyrrole nitrogens is 1. The van der Waals surface area contributed by atoms with Crippen LogP contribution in [0.5, 0.6) is 0 Å². The third kappa shape index (κ3) is 5.05. The lowest BCUT2D eigenvalue weighted by Crippen LogP contribution is -2.46. The van der Waals surface area contributed by atoms with Crippen molar-refractivity contribution in [3.05, 3.63) is 47.2 Å². The van der Waals surface area contributed by atoms with E-state index in [2.05, 4.69) is 22.9 Å². The number of aliphatic hydroxyl groups is 1. The lowest BCUT2D eigenvalue weighted by atomic mass is 9.68. The number of piperidine rings is 1. The first kappa shape index (κ1) is 24.8. The van der Waals surface area contributed by atoms with E-state index in [1.54, 1.807) is 13.0 Å². The van der Waals surface area contributed by atoms with Crippen molar-refractivity contribution in [3.8, 4) is 0 Å². The van der Waals surface area contributed by atoms with E-state index >= 15 is 0 Å². The molecule has 3 aliphatic rings. The van der Waals surface area contributed by atoms with Crippen molar-refractivity contribution < 1.29 is 23.0 Å². The van der Waals surface area contributed by atoms with Gasteiger partial charge in [0, 0.05) is 36.4 Å². The summed E-state index contributed by atoms with van der Waals surface area (Å²) in [6.45, 7) is 8.56. The van der Waals surface area contributed by atoms with Gasteiger partial charge >= 0.3 is 6.18 Å². The van der Waals surface area contributed by atoms with Crippen LogP contribution in [0.3, 0.4) is 0 Å². The molecule has 0 saturated carbocycles. The largest absolute Gasteiger partial charge is 0.416 e. The summed E-state index contributed by atoms with van der Waals surface area (Å²) < 4.78 is 45.8. The number of fused-ring (bicyclic) bond motifs is 4. The SMILES string of the molecule is CC(O)C=CC1(CCN2CC[C@@H]3Cc4[nH]c5ccc(C(F)(F)F)cc5c4[C@H](C)[C@H]3C2)CCOCC1. The Hall–Kier alpha value is -1.83. The topological polar surface area (TPSA) is 48.5 Å². The molecule has 0 spiro atoms. The van der Waals surface area contributed by atoms with Crippen LogP contribution >= 0.6 is 0 Å². The van der Waals surface area contributed by atoms with Crippen LogP contribution in [0, 0.1) is 17.3 Å². The Morgan fingerprint density at radius 3 is 2.77 bits per heavy atom. The maximum absolute atomic E-state index is 13.4. The molecule has 0 bridgehead atoms. The maximum atomic E-state index is 13.4. The molecule has 35 heavy (non-hydrogen) atoms. The molecule has 7 heteroatoms. The summed E-state index contributed by atoms with van der Waals surface area (Å²) in [6.07, 6.45) is 4.39. The number of allylic oxidation sites excluding steroid dienone is 1. The summed E-state index contributed by atoms with van der Waals surface area (Å²) in [6, 6.07) is 4.11. The summed E-state index contributed by atoms with van der Waals surface area (Å²) in [5, 5.41) is 10.5. The van der Waals surface area contributed by atoms with Gasteiger partial charge in [-0.1, -0.05) is 19.1 Å². The normalized spacial score (nSPS) is 28.2. The van der Waals surface area contributed by atoms with Crippen LogP contribution in [0.4, 0.5) is 13.2 Å². The minimum Gasteiger partial charge on any atom is -0.389 e. The molecule has 1 aliphatic carbocycles. The Labute approximate surface area is 205 Å². The van der Waals surface area contributed by atoms with E-state index in [9.17, 15) is 18.3 Å². The van der Waals surface area contributed by atoms with Crippen molar-refractivity contribution in [2.24, 2.45) is 17.3 Å². The molecular weight excluding hydrogens is 453 g/mol. The molecule has 3 heterocycles. The molecule has 0 amide bonds. The predicted octanol–water partition coefficient (Wildman–Crippen LogP) is 5.91.